The van der Waals surface area contributed by atoms with Gasteiger partial charge in [-0.3, -0.25) is 19.4 Å². The maximum absolute atomic E-state index is 13.2. The van der Waals surface area contributed by atoms with Crippen LogP contribution in [0.15, 0.2) is 18.2 Å². The van der Waals surface area contributed by atoms with E-state index >= 15 is 0 Å². The van der Waals surface area contributed by atoms with Gasteiger partial charge in [0, 0.05) is 63.7 Å². The number of urea groups is 1. The molecule has 0 unspecified atom stereocenters. The van der Waals surface area contributed by atoms with E-state index in [1.54, 1.807) is 18.2 Å². The minimum atomic E-state index is -0.716. The van der Waals surface area contributed by atoms with Gasteiger partial charge in [-0.1, -0.05) is 43.7 Å². The first kappa shape index (κ1) is 31.3. The lowest BCUT2D eigenvalue weighted by Gasteiger charge is -2.37. The second kappa shape index (κ2) is 15.5. The zero-order valence-corrected chi connectivity index (χ0v) is 25.0. The highest BCUT2D eigenvalue weighted by molar-refractivity contribution is 6.34. The van der Waals surface area contributed by atoms with Gasteiger partial charge in [0.1, 0.15) is 6.29 Å². The molecule has 4 rings (SSSR count). The average molecular weight is 588 g/mol. The highest BCUT2D eigenvalue weighted by Crippen LogP contribution is 2.30. The van der Waals surface area contributed by atoms with Gasteiger partial charge in [0.25, 0.3) is 5.91 Å². The Hall–Kier alpha value is -2.65. The van der Waals surface area contributed by atoms with Crippen LogP contribution < -0.4 is 10.6 Å². The topological polar surface area (TPSA) is 107 Å². The number of nitrogens with two attached hydrogens (primary N) is 1. The highest BCUT2D eigenvalue weighted by atomic mass is 35.5. The fourth-order valence-electron chi connectivity index (χ4n) is 6.56. The van der Waals surface area contributed by atoms with Gasteiger partial charge in [0.15, 0.2) is 0 Å². The Kier molecular flexibility index (Phi) is 11.9. The molecule has 2 saturated heterocycles. The number of carbonyl (C=O) groups is 4. The number of anilines is 1. The van der Waals surface area contributed by atoms with Gasteiger partial charge in [-0.2, -0.15) is 0 Å². The number of nitrogens with zero attached hydrogens (tertiary/aromatic N) is 4. The Morgan fingerprint density at radius 3 is 2.29 bits per heavy atom. The number of hydrogen-bond acceptors (Lipinski definition) is 5. The zero-order valence-electron chi connectivity index (χ0n) is 24.3. The maximum Gasteiger partial charge on any atom is 0.319 e. The Morgan fingerprint density at radius 1 is 0.927 bits per heavy atom. The molecule has 9 nitrogen and oxygen atoms in total. The number of halogens is 1. The minimum Gasteiger partial charge on any atom is -0.351 e. The van der Waals surface area contributed by atoms with Crippen molar-refractivity contribution >= 4 is 41.4 Å². The van der Waals surface area contributed by atoms with Crippen LogP contribution >= 0.6 is 11.6 Å². The first-order chi connectivity index (χ1) is 19.9. The first-order valence-electron chi connectivity index (χ1n) is 15.5. The molecule has 1 aromatic rings. The van der Waals surface area contributed by atoms with E-state index in [2.05, 4.69) is 9.80 Å². The van der Waals surface area contributed by atoms with Crippen molar-refractivity contribution in [3.05, 3.63) is 28.8 Å². The van der Waals surface area contributed by atoms with E-state index in [0.717, 1.165) is 58.4 Å². The predicted octanol–water partition coefficient (Wildman–Crippen LogP) is 4.56. The van der Waals surface area contributed by atoms with Crippen molar-refractivity contribution < 1.29 is 19.2 Å². The van der Waals surface area contributed by atoms with E-state index in [0.29, 0.717) is 47.5 Å². The fourth-order valence-corrected chi connectivity index (χ4v) is 6.78. The van der Waals surface area contributed by atoms with Crippen LogP contribution in [0.3, 0.4) is 0 Å². The molecule has 1 saturated carbocycles. The summed E-state index contributed by atoms with van der Waals surface area (Å²) in [6.07, 6.45) is 12.2. The molecule has 2 aliphatic heterocycles. The summed E-state index contributed by atoms with van der Waals surface area (Å²) in [7, 11) is 0. The van der Waals surface area contributed by atoms with Crippen molar-refractivity contribution in [1.29, 1.82) is 0 Å². The molecule has 4 amide bonds. The standard InChI is InChI=1S/C31H46ClN5O4/c32-27-11-10-26(23-28(27)37(31(33)41)15-6-22-38)30(40)35-16-12-24(13-17-35)7-4-5-14-34-18-20-36(21-19-34)29(39)25-8-2-1-3-9-25/h10-11,22-25H,1-9,12-21H2,(H2,33,41). The number of piperidine rings is 1. The van der Waals surface area contributed by atoms with Crippen LogP contribution in [0, 0.1) is 11.8 Å². The van der Waals surface area contributed by atoms with Crippen molar-refractivity contribution in [1.82, 2.24) is 14.7 Å². The van der Waals surface area contributed by atoms with Crippen LogP contribution in [0.4, 0.5) is 10.5 Å². The van der Waals surface area contributed by atoms with E-state index in [-0.39, 0.29) is 24.8 Å². The number of unbranched alkanes of at least 4 members (excludes halogenated alkanes) is 1. The second-order valence-corrected chi connectivity index (χ2v) is 12.3. The van der Waals surface area contributed by atoms with Crippen LogP contribution in [-0.2, 0) is 9.59 Å². The van der Waals surface area contributed by atoms with Gasteiger partial charge in [0.2, 0.25) is 5.91 Å². The Bertz CT molecular complexity index is 1050. The smallest absolute Gasteiger partial charge is 0.319 e. The van der Waals surface area contributed by atoms with Gasteiger partial charge < -0.3 is 20.3 Å². The lowest BCUT2D eigenvalue weighted by Crippen LogP contribution is -2.50. The molecule has 0 bridgehead atoms. The minimum absolute atomic E-state index is 0.0812. The Morgan fingerprint density at radius 2 is 1.63 bits per heavy atom. The van der Waals surface area contributed by atoms with E-state index < -0.39 is 6.03 Å². The summed E-state index contributed by atoms with van der Waals surface area (Å²) in [5.41, 5.74) is 6.30. The summed E-state index contributed by atoms with van der Waals surface area (Å²) in [6, 6.07) is 4.15. The largest absolute Gasteiger partial charge is 0.351 e. The quantitative estimate of drug-likeness (QED) is 0.302. The van der Waals surface area contributed by atoms with Gasteiger partial charge in [0.05, 0.1) is 10.7 Å². The number of rotatable bonds is 11. The molecular formula is C31H46ClN5O4. The fraction of sp³-hybridized carbons (Fsp3) is 0.677. The second-order valence-electron chi connectivity index (χ2n) is 11.8. The van der Waals surface area contributed by atoms with Crippen LogP contribution in [0.2, 0.25) is 5.02 Å². The van der Waals surface area contributed by atoms with Gasteiger partial charge >= 0.3 is 6.03 Å². The molecule has 10 heteroatoms. The van der Waals surface area contributed by atoms with Crippen molar-refractivity contribution in [2.45, 2.75) is 70.6 Å². The van der Waals surface area contributed by atoms with E-state index in [1.807, 2.05) is 4.90 Å². The molecule has 226 valence electrons. The predicted molar refractivity (Wildman–Crippen MR) is 161 cm³/mol. The van der Waals surface area contributed by atoms with E-state index in [1.165, 1.54) is 43.4 Å². The Balaban J connectivity index is 1.15. The third-order valence-electron chi connectivity index (χ3n) is 9.10. The molecule has 1 aromatic carbocycles. The molecule has 2 heterocycles. The normalized spacial score (nSPS) is 19.2. The summed E-state index contributed by atoms with van der Waals surface area (Å²) in [4.78, 5) is 56.5. The number of amides is 4. The molecule has 41 heavy (non-hydrogen) atoms. The van der Waals surface area contributed by atoms with Crippen LogP contribution in [0.5, 0.6) is 0 Å². The van der Waals surface area contributed by atoms with Crippen LogP contribution in [0.25, 0.3) is 0 Å². The number of carbonyl (C=O) groups excluding carboxylic acids is 4. The molecule has 1 aliphatic carbocycles. The lowest BCUT2D eigenvalue weighted by atomic mass is 9.88. The molecule has 3 aliphatic rings. The monoisotopic (exact) mass is 587 g/mol. The number of piperazine rings is 1. The molecule has 0 radical (unpaired) electrons. The van der Waals surface area contributed by atoms with Crippen LogP contribution in [0.1, 0.15) is 81.0 Å². The number of aldehydes is 1. The third kappa shape index (κ3) is 8.67. The van der Waals surface area contributed by atoms with Crippen LogP contribution in [-0.4, -0.2) is 91.2 Å². The number of likely N-dealkylation sites (tertiary alicyclic amines) is 1. The van der Waals surface area contributed by atoms with Crippen molar-refractivity contribution in [2.75, 3.05) is 57.3 Å². The number of primary amides is 1. The average Bonchev–Trinajstić information content (AvgIpc) is 3.00. The summed E-state index contributed by atoms with van der Waals surface area (Å²) in [5, 5.41) is 0.305. The van der Waals surface area contributed by atoms with E-state index in [4.69, 9.17) is 17.3 Å². The third-order valence-corrected chi connectivity index (χ3v) is 9.42. The summed E-state index contributed by atoms with van der Waals surface area (Å²) in [6.45, 7) is 6.34. The van der Waals surface area contributed by atoms with Crippen molar-refractivity contribution in [3.8, 4) is 0 Å². The first-order valence-corrected chi connectivity index (χ1v) is 15.9. The van der Waals surface area contributed by atoms with Gasteiger partial charge in [-0.05, 0) is 62.8 Å². The Labute approximate surface area is 249 Å². The lowest BCUT2D eigenvalue weighted by molar-refractivity contribution is -0.138. The van der Waals surface area contributed by atoms with Crippen molar-refractivity contribution in [2.24, 2.45) is 17.6 Å². The molecule has 0 spiro atoms. The molecule has 0 aromatic heterocycles. The zero-order chi connectivity index (χ0) is 29.2. The SMILES string of the molecule is NC(=O)N(CCC=O)c1cc(C(=O)N2CCC(CCCCN3CCN(C(=O)C4CCCCC4)CC3)CC2)ccc1Cl. The van der Waals surface area contributed by atoms with E-state index in [9.17, 15) is 19.2 Å². The summed E-state index contributed by atoms with van der Waals surface area (Å²) in [5.74, 6) is 1.21. The molecule has 3 fully saturated rings. The number of hydrogen-bond donors (Lipinski definition) is 1. The molecular weight excluding hydrogens is 542 g/mol. The molecule has 2 N–H and O–H groups in total. The summed E-state index contributed by atoms with van der Waals surface area (Å²) >= 11 is 6.30. The molecule has 0 atom stereocenters. The number of benzene rings is 1. The highest BCUT2D eigenvalue weighted by Gasteiger charge is 2.29. The van der Waals surface area contributed by atoms with Crippen molar-refractivity contribution in [3.63, 3.8) is 0 Å². The maximum atomic E-state index is 13.2. The van der Waals surface area contributed by atoms with Gasteiger partial charge in [-0.25, -0.2) is 4.79 Å². The summed E-state index contributed by atoms with van der Waals surface area (Å²) < 4.78 is 0. The van der Waals surface area contributed by atoms with Gasteiger partial charge in [-0.15, -0.1) is 0 Å².